The standard InChI is InChI=1S/C17H19NO4/c1-10(19)18-12-9-7-6-8-11(12)13(14(20)16(21)22-5)15(18)17(2,3)4/h6-9H,1-5H3. The van der Waals surface area contributed by atoms with E-state index in [4.69, 9.17) is 0 Å². The number of ketones is 1. The molecule has 1 heterocycles. The molecule has 0 saturated heterocycles. The van der Waals surface area contributed by atoms with Crippen LogP contribution in [0.3, 0.4) is 0 Å². The Bertz CT molecular complexity index is 778. The number of para-hydroxylation sites is 1. The molecule has 22 heavy (non-hydrogen) atoms. The molecule has 0 unspecified atom stereocenters. The van der Waals surface area contributed by atoms with E-state index in [-0.39, 0.29) is 11.5 Å². The van der Waals surface area contributed by atoms with Gasteiger partial charge < -0.3 is 4.74 Å². The minimum Gasteiger partial charge on any atom is -0.463 e. The van der Waals surface area contributed by atoms with Crippen LogP contribution in [0.25, 0.3) is 10.9 Å². The van der Waals surface area contributed by atoms with Crippen LogP contribution in [-0.4, -0.2) is 29.3 Å². The Morgan fingerprint density at radius 1 is 1.09 bits per heavy atom. The van der Waals surface area contributed by atoms with Gasteiger partial charge in [-0.05, 0) is 6.07 Å². The largest absolute Gasteiger partial charge is 0.463 e. The highest BCUT2D eigenvalue weighted by atomic mass is 16.5. The van der Waals surface area contributed by atoms with Crippen molar-refractivity contribution >= 4 is 28.6 Å². The van der Waals surface area contributed by atoms with Gasteiger partial charge in [0.2, 0.25) is 5.91 Å². The molecule has 0 N–H and O–H groups in total. The molecule has 5 nitrogen and oxygen atoms in total. The van der Waals surface area contributed by atoms with E-state index in [0.29, 0.717) is 16.6 Å². The van der Waals surface area contributed by atoms with Crippen LogP contribution in [0, 0.1) is 0 Å². The van der Waals surface area contributed by atoms with Gasteiger partial charge in [0.05, 0.1) is 18.2 Å². The summed E-state index contributed by atoms with van der Waals surface area (Å²) in [6.45, 7) is 7.13. The maximum Gasteiger partial charge on any atom is 0.379 e. The number of hydrogen-bond acceptors (Lipinski definition) is 4. The molecule has 116 valence electrons. The molecule has 0 aliphatic rings. The van der Waals surface area contributed by atoms with E-state index in [2.05, 4.69) is 4.74 Å². The number of benzene rings is 1. The molecular formula is C17H19NO4. The molecule has 2 aromatic rings. The van der Waals surface area contributed by atoms with Crippen LogP contribution in [0.1, 0.15) is 48.5 Å². The van der Waals surface area contributed by atoms with Crippen molar-refractivity contribution in [2.24, 2.45) is 0 Å². The predicted octanol–water partition coefficient (Wildman–Crippen LogP) is 2.95. The molecule has 2 rings (SSSR count). The second-order valence-corrected chi connectivity index (χ2v) is 6.17. The number of Topliss-reactive ketones (excluding diaryl/α,β-unsaturated/α-hetero) is 1. The number of rotatable bonds is 2. The Labute approximate surface area is 128 Å². The maximum absolute atomic E-state index is 12.5. The third-order valence-corrected chi connectivity index (χ3v) is 3.50. The van der Waals surface area contributed by atoms with Crippen molar-refractivity contribution in [3.05, 3.63) is 35.5 Å². The zero-order valence-electron chi connectivity index (χ0n) is 13.4. The first kappa shape index (κ1) is 15.9. The van der Waals surface area contributed by atoms with E-state index in [1.54, 1.807) is 24.3 Å². The SMILES string of the molecule is COC(=O)C(=O)c1c(C(C)(C)C)n(C(C)=O)c2ccccc12. The summed E-state index contributed by atoms with van der Waals surface area (Å²) in [6.07, 6.45) is 0. The highest BCUT2D eigenvalue weighted by Gasteiger charge is 2.34. The topological polar surface area (TPSA) is 65.4 Å². The van der Waals surface area contributed by atoms with Crippen molar-refractivity contribution in [3.63, 3.8) is 0 Å². The molecular weight excluding hydrogens is 282 g/mol. The third kappa shape index (κ3) is 2.43. The number of methoxy groups -OCH3 is 1. The van der Waals surface area contributed by atoms with Crippen LogP contribution < -0.4 is 0 Å². The summed E-state index contributed by atoms with van der Waals surface area (Å²) >= 11 is 0. The monoisotopic (exact) mass is 301 g/mol. The van der Waals surface area contributed by atoms with Crippen molar-refractivity contribution in [2.75, 3.05) is 7.11 Å². The van der Waals surface area contributed by atoms with Gasteiger partial charge in [0.25, 0.3) is 5.78 Å². The Morgan fingerprint density at radius 3 is 2.18 bits per heavy atom. The molecule has 0 amide bonds. The van der Waals surface area contributed by atoms with Crippen LogP contribution in [-0.2, 0) is 14.9 Å². The average molecular weight is 301 g/mol. The predicted molar refractivity (Wildman–Crippen MR) is 83.3 cm³/mol. The van der Waals surface area contributed by atoms with Gasteiger partial charge in [-0.25, -0.2) is 4.79 Å². The Kier molecular flexibility index (Phi) is 3.92. The number of ether oxygens (including phenoxy) is 1. The Balaban J connectivity index is 2.98. The average Bonchev–Trinajstić information content (AvgIpc) is 2.80. The normalized spacial score (nSPS) is 11.5. The van der Waals surface area contributed by atoms with Crippen LogP contribution in [0.2, 0.25) is 0 Å². The lowest BCUT2D eigenvalue weighted by molar-refractivity contribution is -0.135. The third-order valence-electron chi connectivity index (χ3n) is 3.50. The molecule has 0 radical (unpaired) electrons. The first-order valence-corrected chi connectivity index (χ1v) is 6.97. The van der Waals surface area contributed by atoms with Crippen LogP contribution in [0.5, 0.6) is 0 Å². The second-order valence-electron chi connectivity index (χ2n) is 6.17. The summed E-state index contributed by atoms with van der Waals surface area (Å²) < 4.78 is 6.08. The fourth-order valence-corrected chi connectivity index (χ4v) is 2.70. The number of esters is 1. The highest BCUT2D eigenvalue weighted by molar-refractivity contribution is 6.43. The number of carbonyl (C=O) groups is 3. The number of aromatic nitrogens is 1. The molecule has 5 heteroatoms. The van der Waals surface area contributed by atoms with E-state index in [1.165, 1.54) is 18.6 Å². The number of fused-ring (bicyclic) bond motifs is 1. The summed E-state index contributed by atoms with van der Waals surface area (Å²) in [6, 6.07) is 7.06. The molecule has 0 aliphatic heterocycles. The van der Waals surface area contributed by atoms with E-state index < -0.39 is 17.2 Å². The minimum absolute atomic E-state index is 0.204. The zero-order chi connectivity index (χ0) is 16.7. The van der Waals surface area contributed by atoms with Gasteiger partial charge in [-0.15, -0.1) is 0 Å². The molecule has 0 aliphatic carbocycles. The quantitative estimate of drug-likeness (QED) is 0.486. The molecule has 0 fully saturated rings. The lowest BCUT2D eigenvalue weighted by atomic mass is 9.87. The summed E-state index contributed by atoms with van der Waals surface area (Å²) in [5.74, 6) is -1.87. The van der Waals surface area contributed by atoms with Gasteiger partial charge in [0.15, 0.2) is 0 Å². The van der Waals surface area contributed by atoms with E-state index in [9.17, 15) is 14.4 Å². The van der Waals surface area contributed by atoms with Crippen LogP contribution in [0.4, 0.5) is 0 Å². The zero-order valence-corrected chi connectivity index (χ0v) is 13.4. The van der Waals surface area contributed by atoms with Crippen molar-refractivity contribution in [1.29, 1.82) is 0 Å². The summed E-state index contributed by atoms with van der Waals surface area (Å²) in [5.41, 5.74) is 0.887. The van der Waals surface area contributed by atoms with Gasteiger partial charge >= 0.3 is 5.97 Å². The first-order valence-electron chi connectivity index (χ1n) is 6.97. The van der Waals surface area contributed by atoms with Gasteiger partial charge in [-0.3, -0.25) is 14.2 Å². The minimum atomic E-state index is -0.933. The summed E-state index contributed by atoms with van der Waals surface area (Å²) in [4.78, 5) is 36.4. The fraction of sp³-hybridized carbons (Fsp3) is 0.353. The molecule has 0 spiro atoms. The Hall–Kier alpha value is -2.43. The van der Waals surface area contributed by atoms with E-state index >= 15 is 0 Å². The van der Waals surface area contributed by atoms with Gasteiger partial charge in [0.1, 0.15) is 0 Å². The Morgan fingerprint density at radius 2 is 1.68 bits per heavy atom. The van der Waals surface area contributed by atoms with Crippen molar-refractivity contribution < 1.29 is 19.1 Å². The lowest BCUT2D eigenvalue weighted by Gasteiger charge is -2.22. The van der Waals surface area contributed by atoms with Crippen molar-refractivity contribution in [2.45, 2.75) is 33.1 Å². The molecule has 0 saturated carbocycles. The number of hydrogen-bond donors (Lipinski definition) is 0. The summed E-state index contributed by atoms with van der Waals surface area (Å²) in [5, 5.41) is 0.582. The van der Waals surface area contributed by atoms with Gasteiger partial charge in [-0.1, -0.05) is 39.0 Å². The van der Waals surface area contributed by atoms with Gasteiger partial charge in [0, 0.05) is 23.4 Å². The number of nitrogens with zero attached hydrogens (tertiary/aromatic N) is 1. The first-order chi connectivity index (χ1) is 10.2. The molecule has 0 atom stereocenters. The molecule has 1 aromatic carbocycles. The van der Waals surface area contributed by atoms with Gasteiger partial charge in [-0.2, -0.15) is 0 Å². The van der Waals surface area contributed by atoms with Crippen molar-refractivity contribution in [3.8, 4) is 0 Å². The van der Waals surface area contributed by atoms with E-state index in [0.717, 1.165) is 0 Å². The molecule has 0 bridgehead atoms. The smallest absolute Gasteiger partial charge is 0.379 e. The van der Waals surface area contributed by atoms with Crippen LogP contribution in [0.15, 0.2) is 24.3 Å². The lowest BCUT2D eigenvalue weighted by Crippen LogP contribution is -2.26. The highest BCUT2D eigenvalue weighted by Crippen LogP contribution is 2.35. The van der Waals surface area contributed by atoms with Crippen molar-refractivity contribution in [1.82, 2.24) is 4.57 Å². The fourth-order valence-electron chi connectivity index (χ4n) is 2.70. The molecule has 1 aromatic heterocycles. The maximum atomic E-state index is 12.5. The number of carbonyl (C=O) groups excluding carboxylic acids is 3. The van der Waals surface area contributed by atoms with E-state index in [1.807, 2.05) is 20.8 Å². The summed E-state index contributed by atoms with van der Waals surface area (Å²) in [7, 11) is 1.17. The van der Waals surface area contributed by atoms with Crippen LogP contribution >= 0.6 is 0 Å². The second kappa shape index (κ2) is 5.40.